The normalized spacial score (nSPS) is 17.3. The van der Waals surface area contributed by atoms with Crippen LogP contribution in [-0.4, -0.2) is 34.8 Å². The van der Waals surface area contributed by atoms with Gasteiger partial charge >= 0.3 is 0 Å². The number of carbonyl (C=O) groups is 1. The van der Waals surface area contributed by atoms with Gasteiger partial charge in [0.05, 0.1) is 6.20 Å². The number of amides is 1. The Labute approximate surface area is 147 Å². The van der Waals surface area contributed by atoms with Gasteiger partial charge in [-0.2, -0.15) is 5.10 Å². The molecule has 6 heteroatoms. The molecule has 128 valence electrons. The number of aromatic nitrogens is 2. The fourth-order valence-electron chi connectivity index (χ4n) is 3.12. The summed E-state index contributed by atoms with van der Waals surface area (Å²) >= 11 is 6.05. The molecule has 1 aliphatic heterocycles. The van der Waals surface area contributed by atoms with E-state index in [4.69, 9.17) is 11.6 Å². The summed E-state index contributed by atoms with van der Waals surface area (Å²) in [5, 5.41) is 8.11. The van der Waals surface area contributed by atoms with Gasteiger partial charge in [-0.05, 0) is 43.5 Å². The Hall–Kier alpha value is -2.01. The molecule has 3 rings (SSSR count). The number of halogens is 1. The quantitative estimate of drug-likeness (QED) is 0.905. The van der Waals surface area contributed by atoms with E-state index in [0.717, 1.165) is 47.9 Å². The average Bonchev–Trinajstić information content (AvgIpc) is 3.14. The molecule has 1 N–H and O–H groups in total. The van der Waals surface area contributed by atoms with Crippen molar-refractivity contribution in [1.82, 2.24) is 15.1 Å². The minimum absolute atomic E-state index is 0.108. The van der Waals surface area contributed by atoms with Crippen molar-refractivity contribution < 1.29 is 4.79 Å². The molecular weight excluding hydrogens is 324 g/mol. The van der Waals surface area contributed by atoms with Crippen LogP contribution in [0.2, 0.25) is 5.02 Å². The van der Waals surface area contributed by atoms with Crippen LogP contribution in [0, 0.1) is 6.92 Å². The minimum Gasteiger partial charge on any atom is -0.369 e. The summed E-state index contributed by atoms with van der Waals surface area (Å²) in [5.41, 5.74) is 3.38. The van der Waals surface area contributed by atoms with Gasteiger partial charge in [-0.15, -0.1) is 0 Å². The van der Waals surface area contributed by atoms with Crippen LogP contribution in [0.25, 0.3) is 0 Å². The number of rotatable bonds is 5. The monoisotopic (exact) mass is 346 g/mol. The van der Waals surface area contributed by atoms with Crippen LogP contribution in [-0.2, 0) is 18.3 Å². The van der Waals surface area contributed by atoms with E-state index < -0.39 is 0 Å². The highest BCUT2D eigenvalue weighted by Crippen LogP contribution is 2.23. The second kappa shape index (κ2) is 7.26. The summed E-state index contributed by atoms with van der Waals surface area (Å²) in [7, 11) is 1.92. The van der Waals surface area contributed by atoms with Crippen molar-refractivity contribution >= 4 is 23.2 Å². The highest BCUT2D eigenvalue weighted by molar-refractivity contribution is 6.30. The molecule has 0 bridgehead atoms. The second-order valence-electron chi connectivity index (χ2n) is 6.36. The molecule has 1 fully saturated rings. The molecular formula is C18H23ClN4O. The first-order valence-corrected chi connectivity index (χ1v) is 8.68. The average molecular weight is 347 g/mol. The molecule has 1 atom stereocenters. The van der Waals surface area contributed by atoms with E-state index in [1.54, 1.807) is 0 Å². The molecule has 0 aliphatic carbocycles. The lowest BCUT2D eigenvalue weighted by Gasteiger charge is -2.19. The lowest BCUT2D eigenvalue weighted by atomic mass is 10.1. The maximum Gasteiger partial charge on any atom is 0.220 e. The van der Waals surface area contributed by atoms with Crippen molar-refractivity contribution in [3.05, 3.63) is 46.7 Å². The molecule has 1 aromatic heterocycles. The van der Waals surface area contributed by atoms with E-state index in [2.05, 4.69) is 21.4 Å². The Balaban J connectivity index is 1.48. The van der Waals surface area contributed by atoms with Gasteiger partial charge in [0.15, 0.2) is 0 Å². The van der Waals surface area contributed by atoms with Crippen LogP contribution >= 0.6 is 11.6 Å². The molecule has 5 nitrogen and oxygen atoms in total. The van der Waals surface area contributed by atoms with Gasteiger partial charge in [0.2, 0.25) is 5.91 Å². The van der Waals surface area contributed by atoms with E-state index in [0.29, 0.717) is 6.42 Å². The lowest BCUT2D eigenvalue weighted by molar-refractivity contribution is -0.121. The molecule has 24 heavy (non-hydrogen) atoms. The largest absolute Gasteiger partial charge is 0.369 e. The maximum absolute atomic E-state index is 12.2. The van der Waals surface area contributed by atoms with E-state index in [-0.39, 0.29) is 11.9 Å². The zero-order valence-electron chi connectivity index (χ0n) is 14.1. The number of carbonyl (C=O) groups excluding carboxylic acids is 1. The third kappa shape index (κ3) is 3.90. The van der Waals surface area contributed by atoms with Crippen LogP contribution in [0.5, 0.6) is 0 Å². The summed E-state index contributed by atoms with van der Waals surface area (Å²) in [6.07, 6.45) is 4.04. The summed E-state index contributed by atoms with van der Waals surface area (Å²) < 4.78 is 1.84. The van der Waals surface area contributed by atoms with Gasteiger partial charge in [0.1, 0.15) is 0 Å². The highest BCUT2D eigenvalue weighted by Gasteiger charge is 2.24. The zero-order valence-corrected chi connectivity index (χ0v) is 14.9. The molecule has 0 radical (unpaired) electrons. The topological polar surface area (TPSA) is 50.2 Å². The van der Waals surface area contributed by atoms with Gasteiger partial charge in [-0.3, -0.25) is 9.48 Å². The van der Waals surface area contributed by atoms with E-state index in [9.17, 15) is 4.79 Å². The number of nitrogens with zero attached hydrogens (tertiary/aromatic N) is 3. The Morgan fingerprint density at radius 3 is 3.00 bits per heavy atom. The number of anilines is 1. The van der Waals surface area contributed by atoms with Crippen molar-refractivity contribution in [3.8, 4) is 0 Å². The van der Waals surface area contributed by atoms with Gasteiger partial charge < -0.3 is 10.2 Å². The van der Waals surface area contributed by atoms with Crippen LogP contribution in [0.4, 0.5) is 5.69 Å². The van der Waals surface area contributed by atoms with Crippen molar-refractivity contribution in [2.75, 3.05) is 18.0 Å². The van der Waals surface area contributed by atoms with Crippen molar-refractivity contribution in [2.45, 2.75) is 32.2 Å². The first-order valence-electron chi connectivity index (χ1n) is 8.30. The maximum atomic E-state index is 12.2. The zero-order chi connectivity index (χ0) is 17.1. The molecule has 0 spiro atoms. The lowest BCUT2D eigenvalue weighted by Crippen LogP contribution is -2.37. The van der Waals surface area contributed by atoms with Crippen molar-refractivity contribution in [3.63, 3.8) is 0 Å². The van der Waals surface area contributed by atoms with Crippen molar-refractivity contribution in [2.24, 2.45) is 7.05 Å². The Bertz CT molecular complexity index is 728. The summed E-state index contributed by atoms with van der Waals surface area (Å²) in [6.45, 7) is 3.80. The molecule has 0 unspecified atom stereocenters. The standard InChI is InChI=1S/C18H23ClN4O/c1-13-14(11-20-22(13)2)6-7-18(24)21-16-8-9-23(12-16)17-5-3-4-15(19)10-17/h3-5,10-11,16H,6-9,12H2,1-2H3,(H,21,24)/t16-/m1/s1. The second-order valence-corrected chi connectivity index (χ2v) is 6.79. The first kappa shape index (κ1) is 16.8. The fourth-order valence-corrected chi connectivity index (χ4v) is 3.31. The Kier molecular flexibility index (Phi) is 5.09. The van der Waals surface area contributed by atoms with Gasteiger partial charge in [-0.1, -0.05) is 17.7 Å². The SMILES string of the molecule is Cc1c(CCC(=O)N[C@@H]2CCN(c3cccc(Cl)c3)C2)cnn1C. The van der Waals surface area contributed by atoms with Crippen LogP contribution in [0.3, 0.4) is 0 Å². The van der Waals surface area contributed by atoms with E-state index in [1.807, 2.05) is 43.0 Å². The fraction of sp³-hybridized carbons (Fsp3) is 0.444. The predicted octanol–water partition coefficient (Wildman–Crippen LogP) is 2.71. The van der Waals surface area contributed by atoms with Crippen LogP contribution in [0.15, 0.2) is 30.5 Å². The Morgan fingerprint density at radius 1 is 1.46 bits per heavy atom. The summed E-state index contributed by atoms with van der Waals surface area (Å²) in [5.74, 6) is 0.108. The third-order valence-electron chi connectivity index (χ3n) is 4.69. The summed E-state index contributed by atoms with van der Waals surface area (Å²) in [6, 6.07) is 8.06. The first-order chi connectivity index (χ1) is 11.5. The molecule has 1 aromatic carbocycles. The molecule has 1 aliphatic rings. The molecule has 0 saturated carbocycles. The third-order valence-corrected chi connectivity index (χ3v) is 4.92. The molecule has 1 amide bonds. The highest BCUT2D eigenvalue weighted by atomic mass is 35.5. The van der Waals surface area contributed by atoms with E-state index in [1.165, 1.54) is 0 Å². The number of hydrogen-bond donors (Lipinski definition) is 1. The Morgan fingerprint density at radius 2 is 2.29 bits per heavy atom. The number of nitrogens with one attached hydrogen (secondary N) is 1. The smallest absolute Gasteiger partial charge is 0.220 e. The minimum atomic E-state index is 0.108. The van der Waals surface area contributed by atoms with Gasteiger partial charge in [-0.25, -0.2) is 0 Å². The number of aryl methyl sites for hydroxylation is 2. The van der Waals surface area contributed by atoms with Crippen LogP contribution < -0.4 is 10.2 Å². The molecule has 2 heterocycles. The number of hydrogen-bond acceptors (Lipinski definition) is 3. The number of benzene rings is 1. The van der Waals surface area contributed by atoms with Gasteiger partial charge in [0, 0.05) is 49.0 Å². The molecule has 1 saturated heterocycles. The van der Waals surface area contributed by atoms with Gasteiger partial charge in [0.25, 0.3) is 0 Å². The van der Waals surface area contributed by atoms with Crippen molar-refractivity contribution in [1.29, 1.82) is 0 Å². The molecule has 2 aromatic rings. The summed E-state index contributed by atoms with van der Waals surface area (Å²) in [4.78, 5) is 14.5. The predicted molar refractivity (Wildman–Crippen MR) is 96.5 cm³/mol. The van der Waals surface area contributed by atoms with Crippen LogP contribution in [0.1, 0.15) is 24.1 Å². The van der Waals surface area contributed by atoms with E-state index >= 15 is 0 Å².